The average Bonchev–Trinajstić information content (AvgIpc) is 2.75. The molecule has 1 amide bonds. The van der Waals surface area contributed by atoms with Crippen LogP contribution >= 0.6 is 0 Å². The summed E-state index contributed by atoms with van der Waals surface area (Å²) in [6.45, 7) is 2.22. The van der Waals surface area contributed by atoms with Gasteiger partial charge in [-0.05, 0) is 49.4 Å². The lowest BCUT2D eigenvalue weighted by atomic mass is 10.2. The van der Waals surface area contributed by atoms with Gasteiger partial charge in [-0.1, -0.05) is 30.3 Å². The predicted octanol–water partition coefficient (Wildman–Crippen LogP) is 4.15. The van der Waals surface area contributed by atoms with Crippen LogP contribution in [0.4, 0.5) is 11.4 Å². The summed E-state index contributed by atoms with van der Waals surface area (Å²) in [5.41, 5.74) is 1.01. The van der Waals surface area contributed by atoms with Crippen molar-refractivity contribution in [3.63, 3.8) is 0 Å². The van der Waals surface area contributed by atoms with Crippen LogP contribution in [0.5, 0.6) is 11.5 Å². The van der Waals surface area contributed by atoms with Crippen LogP contribution < -0.4 is 19.5 Å². The highest BCUT2D eigenvalue weighted by molar-refractivity contribution is 7.92. The number of hydrogen-bond acceptors (Lipinski definition) is 5. The van der Waals surface area contributed by atoms with Crippen molar-refractivity contribution in [2.24, 2.45) is 0 Å². The third-order valence-electron chi connectivity index (χ3n) is 4.20. The molecule has 0 fully saturated rings. The van der Waals surface area contributed by atoms with Gasteiger partial charge in [0, 0.05) is 5.56 Å². The molecule has 0 aromatic heterocycles. The summed E-state index contributed by atoms with van der Waals surface area (Å²) < 4.78 is 39.2. The molecule has 0 unspecified atom stereocenters. The van der Waals surface area contributed by atoms with Gasteiger partial charge in [0.15, 0.2) is 0 Å². The lowest BCUT2D eigenvalue weighted by Gasteiger charge is -2.15. The van der Waals surface area contributed by atoms with Crippen molar-refractivity contribution < 1.29 is 22.7 Å². The van der Waals surface area contributed by atoms with E-state index >= 15 is 0 Å². The number of carbonyl (C=O) groups excluding carboxylic acids is 1. The molecule has 3 aromatic rings. The number of amides is 1. The fourth-order valence-electron chi connectivity index (χ4n) is 2.77. The Kier molecular flexibility index (Phi) is 6.58. The molecule has 2 N–H and O–H groups in total. The van der Waals surface area contributed by atoms with E-state index < -0.39 is 10.0 Å². The Balaban J connectivity index is 1.91. The lowest BCUT2D eigenvalue weighted by molar-refractivity contribution is 0.102. The maximum absolute atomic E-state index is 12.9. The molecule has 0 spiro atoms. The molecule has 3 aromatic carbocycles. The number of methoxy groups -OCH3 is 1. The zero-order valence-electron chi connectivity index (χ0n) is 16.6. The quantitative estimate of drug-likeness (QED) is 0.564. The molecular weight excluding hydrogens is 404 g/mol. The van der Waals surface area contributed by atoms with E-state index in [-0.39, 0.29) is 16.5 Å². The van der Waals surface area contributed by atoms with Crippen LogP contribution in [0.25, 0.3) is 0 Å². The van der Waals surface area contributed by atoms with E-state index in [4.69, 9.17) is 9.47 Å². The zero-order valence-corrected chi connectivity index (χ0v) is 17.4. The van der Waals surface area contributed by atoms with E-state index in [2.05, 4.69) is 10.0 Å². The average molecular weight is 426 g/mol. The Morgan fingerprint density at radius 2 is 1.60 bits per heavy atom. The molecule has 0 saturated carbocycles. The van der Waals surface area contributed by atoms with E-state index in [0.717, 1.165) is 0 Å². The fraction of sp³-hybridized carbons (Fsp3) is 0.136. The second kappa shape index (κ2) is 9.32. The van der Waals surface area contributed by atoms with Crippen LogP contribution in [0.1, 0.15) is 17.3 Å². The van der Waals surface area contributed by atoms with Crippen molar-refractivity contribution in [3.05, 3.63) is 78.4 Å². The second-order valence-corrected chi connectivity index (χ2v) is 7.90. The largest absolute Gasteiger partial charge is 0.495 e. The van der Waals surface area contributed by atoms with Crippen molar-refractivity contribution in [2.75, 3.05) is 23.8 Å². The summed E-state index contributed by atoms with van der Waals surface area (Å²) in [4.78, 5) is 12.5. The first-order valence-corrected chi connectivity index (χ1v) is 10.7. The topological polar surface area (TPSA) is 93.7 Å². The van der Waals surface area contributed by atoms with Crippen LogP contribution in [-0.4, -0.2) is 28.0 Å². The highest BCUT2D eigenvalue weighted by Crippen LogP contribution is 2.31. The molecule has 0 aliphatic rings. The van der Waals surface area contributed by atoms with Crippen LogP contribution in [0.3, 0.4) is 0 Å². The van der Waals surface area contributed by atoms with E-state index in [1.54, 1.807) is 54.6 Å². The molecule has 30 heavy (non-hydrogen) atoms. The number of ether oxygens (including phenoxy) is 2. The van der Waals surface area contributed by atoms with E-state index in [9.17, 15) is 13.2 Å². The molecule has 0 radical (unpaired) electrons. The highest BCUT2D eigenvalue weighted by atomic mass is 32.2. The number of hydrogen-bond donors (Lipinski definition) is 2. The maximum Gasteiger partial charge on any atom is 0.262 e. The number of sulfonamides is 1. The summed E-state index contributed by atoms with van der Waals surface area (Å²) in [5.74, 6) is 0.390. The Morgan fingerprint density at radius 3 is 2.30 bits per heavy atom. The number of para-hydroxylation sites is 2. The predicted molar refractivity (Wildman–Crippen MR) is 116 cm³/mol. The van der Waals surface area contributed by atoms with Gasteiger partial charge in [0.05, 0.1) is 30.0 Å². The first-order valence-electron chi connectivity index (χ1n) is 9.23. The van der Waals surface area contributed by atoms with Crippen LogP contribution in [0.15, 0.2) is 77.7 Å². The number of carbonyl (C=O) groups is 1. The molecule has 156 valence electrons. The van der Waals surface area contributed by atoms with E-state index in [1.807, 2.05) is 6.92 Å². The standard InChI is InChI=1S/C22H22N2O5S/c1-3-29-21-12-8-7-11-18(21)24-30(26,27)17-13-14-20(28-2)19(15-17)23-22(25)16-9-5-4-6-10-16/h4-15,24H,3H2,1-2H3,(H,23,25). The summed E-state index contributed by atoms with van der Waals surface area (Å²) in [7, 11) is -2.50. The van der Waals surface area contributed by atoms with Gasteiger partial charge in [0.25, 0.3) is 15.9 Å². The molecule has 7 nitrogen and oxygen atoms in total. The van der Waals surface area contributed by atoms with Crippen LogP contribution in [0, 0.1) is 0 Å². The summed E-state index contributed by atoms with van der Waals surface area (Å²) in [6.07, 6.45) is 0. The molecule has 8 heteroatoms. The normalized spacial score (nSPS) is 10.9. The van der Waals surface area contributed by atoms with Crippen molar-refractivity contribution in [1.29, 1.82) is 0 Å². The van der Waals surface area contributed by atoms with Gasteiger partial charge in [-0.25, -0.2) is 8.42 Å². The van der Waals surface area contributed by atoms with Gasteiger partial charge < -0.3 is 14.8 Å². The van der Waals surface area contributed by atoms with Gasteiger partial charge >= 0.3 is 0 Å². The van der Waals surface area contributed by atoms with E-state index in [1.165, 1.54) is 25.3 Å². The third kappa shape index (κ3) is 4.90. The number of nitrogens with one attached hydrogen (secondary N) is 2. The molecule has 3 rings (SSSR count). The van der Waals surface area contributed by atoms with Crippen molar-refractivity contribution in [3.8, 4) is 11.5 Å². The third-order valence-corrected chi connectivity index (χ3v) is 5.56. The second-order valence-electron chi connectivity index (χ2n) is 6.22. The molecule has 0 aliphatic heterocycles. The minimum Gasteiger partial charge on any atom is -0.495 e. The van der Waals surface area contributed by atoms with Crippen molar-refractivity contribution >= 4 is 27.3 Å². The monoisotopic (exact) mass is 426 g/mol. The number of anilines is 2. The Morgan fingerprint density at radius 1 is 0.900 bits per heavy atom. The van der Waals surface area contributed by atoms with Gasteiger partial charge in [0.2, 0.25) is 0 Å². The SMILES string of the molecule is CCOc1ccccc1NS(=O)(=O)c1ccc(OC)c(NC(=O)c2ccccc2)c1. The van der Waals surface area contributed by atoms with Crippen LogP contribution in [-0.2, 0) is 10.0 Å². The minimum absolute atomic E-state index is 0.0297. The van der Waals surface area contributed by atoms with Crippen LogP contribution in [0.2, 0.25) is 0 Å². The maximum atomic E-state index is 12.9. The van der Waals surface area contributed by atoms with Gasteiger partial charge in [-0.3, -0.25) is 9.52 Å². The smallest absolute Gasteiger partial charge is 0.262 e. The lowest BCUT2D eigenvalue weighted by Crippen LogP contribution is -2.16. The first-order chi connectivity index (χ1) is 14.4. The van der Waals surface area contributed by atoms with Gasteiger partial charge in [0.1, 0.15) is 11.5 Å². The zero-order chi connectivity index (χ0) is 21.6. The minimum atomic E-state index is -3.94. The number of rotatable bonds is 8. The molecule has 0 atom stereocenters. The summed E-state index contributed by atoms with van der Waals surface area (Å²) in [5, 5.41) is 2.70. The summed E-state index contributed by atoms with van der Waals surface area (Å²) >= 11 is 0. The molecule has 0 aliphatic carbocycles. The molecule has 0 bridgehead atoms. The molecular formula is C22H22N2O5S. The van der Waals surface area contributed by atoms with E-state index in [0.29, 0.717) is 29.4 Å². The Labute approximate surface area is 175 Å². The van der Waals surface area contributed by atoms with Gasteiger partial charge in [-0.15, -0.1) is 0 Å². The molecule has 0 saturated heterocycles. The summed E-state index contributed by atoms with van der Waals surface area (Å²) in [6, 6.07) is 19.6. The van der Waals surface area contributed by atoms with Crippen molar-refractivity contribution in [1.82, 2.24) is 0 Å². The van der Waals surface area contributed by atoms with Gasteiger partial charge in [-0.2, -0.15) is 0 Å². The Bertz CT molecular complexity index is 1130. The fourth-order valence-corrected chi connectivity index (χ4v) is 3.87. The molecule has 0 heterocycles. The first kappa shape index (κ1) is 21.2. The Hall–Kier alpha value is -3.52. The van der Waals surface area contributed by atoms with Crippen molar-refractivity contribution in [2.45, 2.75) is 11.8 Å². The highest BCUT2D eigenvalue weighted by Gasteiger charge is 2.19. The number of benzene rings is 3.